The largest absolute Gasteiger partial charge is 0.321 e. The molecular weight excluding hydrogens is 249 g/mol. The van der Waals surface area contributed by atoms with Gasteiger partial charge in [0.15, 0.2) is 0 Å². The van der Waals surface area contributed by atoms with Crippen LogP contribution in [0.4, 0.5) is 4.39 Å². The van der Waals surface area contributed by atoms with Crippen molar-refractivity contribution in [2.45, 2.75) is 37.6 Å². The van der Waals surface area contributed by atoms with E-state index in [2.05, 4.69) is 18.2 Å². The number of hydrogen-bond acceptors (Lipinski definition) is 1. The van der Waals surface area contributed by atoms with Crippen LogP contribution >= 0.6 is 0 Å². The standard InChI is InChI=1S/C18H20FN/c19-17-11-4-2-9-15(17)13-18(20)12-6-5-8-14-7-1-3-10-16(14)18/h1-4,7,9-11H,5-6,8,12-13,20H2. The maximum absolute atomic E-state index is 13.9. The fourth-order valence-corrected chi connectivity index (χ4v) is 3.28. The van der Waals surface area contributed by atoms with Crippen LogP contribution in [0, 0.1) is 5.82 Å². The van der Waals surface area contributed by atoms with Crippen LogP contribution in [0.15, 0.2) is 48.5 Å². The summed E-state index contributed by atoms with van der Waals surface area (Å²) in [4.78, 5) is 0. The smallest absolute Gasteiger partial charge is 0.126 e. The van der Waals surface area contributed by atoms with Gasteiger partial charge in [-0.2, -0.15) is 0 Å². The van der Waals surface area contributed by atoms with E-state index in [4.69, 9.17) is 5.73 Å². The zero-order valence-electron chi connectivity index (χ0n) is 11.6. The summed E-state index contributed by atoms with van der Waals surface area (Å²) < 4.78 is 13.9. The molecule has 20 heavy (non-hydrogen) atoms. The predicted octanol–water partition coefficient (Wildman–Crippen LogP) is 3.95. The van der Waals surface area contributed by atoms with Gasteiger partial charge in [0.05, 0.1) is 0 Å². The van der Waals surface area contributed by atoms with E-state index in [1.165, 1.54) is 17.2 Å². The van der Waals surface area contributed by atoms with Gasteiger partial charge in [0.1, 0.15) is 5.82 Å². The number of hydrogen-bond donors (Lipinski definition) is 1. The molecular formula is C18H20FN. The highest BCUT2D eigenvalue weighted by atomic mass is 19.1. The van der Waals surface area contributed by atoms with E-state index in [9.17, 15) is 4.39 Å². The molecule has 0 radical (unpaired) electrons. The maximum Gasteiger partial charge on any atom is 0.126 e. The summed E-state index contributed by atoms with van der Waals surface area (Å²) in [6.45, 7) is 0. The molecule has 1 nitrogen and oxygen atoms in total. The van der Waals surface area contributed by atoms with E-state index in [1.54, 1.807) is 6.07 Å². The van der Waals surface area contributed by atoms with Crippen molar-refractivity contribution in [1.29, 1.82) is 0 Å². The molecule has 0 saturated carbocycles. The van der Waals surface area contributed by atoms with Crippen LogP contribution in [0.25, 0.3) is 0 Å². The minimum absolute atomic E-state index is 0.154. The van der Waals surface area contributed by atoms with Crippen molar-refractivity contribution >= 4 is 0 Å². The summed E-state index contributed by atoms with van der Waals surface area (Å²) in [6, 6.07) is 15.3. The molecule has 2 heteroatoms. The average molecular weight is 269 g/mol. The first-order chi connectivity index (χ1) is 9.69. The molecule has 1 aliphatic carbocycles. The van der Waals surface area contributed by atoms with Gasteiger partial charge in [-0.15, -0.1) is 0 Å². The van der Waals surface area contributed by atoms with Crippen molar-refractivity contribution < 1.29 is 4.39 Å². The number of nitrogens with two attached hydrogens (primary N) is 1. The molecule has 0 saturated heterocycles. The lowest BCUT2D eigenvalue weighted by molar-refractivity contribution is 0.392. The zero-order chi connectivity index (χ0) is 14.0. The minimum atomic E-state index is -0.449. The van der Waals surface area contributed by atoms with Crippen LogP contribution < -0.4 is 5.73 Å². The molecule has 104 valence electrons. The highest BCUT2D eigenvalue weighted by Crippen LogP contribution is 2.35. The van der Waals surface area contributed by atoms with Gasteiger partial charge in [0.2, 0.25) is 0 Å². The van der Waals surface area contributed by atoms with Gasteiger partial charge in [-0.25, -0.2) is 4.39 Å². The van der Waals surface area contributed by atoms with Gasteiger partial charge in [-0.3, -0.25) is 0 Å². The van der Waals surface area contributed by atoms with Gasteiger partial charge in [0.25, 0.3) is 0 Å². The van der Waals surface area contributed by atoms with E-state index in [0.717, 1.165) is 25.7 Å². The average Bonchev–Trinajstić information content (AvgIpc) is 2.62. The van der Waals surface area contributed by atoms with Gasteiger partial charge in [0, 0.05) is 5.54 Å². The molecule has 0 amide bonds. The minimum Gasteiger partial charge on any atom is -0.321 e. The fourth-order valence-electron chi connectivity index (χ4n) is 3.28. The summed E-state index contributed by atoms with van der Waals surface area (Å²) in [5.41, 5.74) is 9.49. The lowest BCUT2D eigenvalue weighted by atomic mass is 9.80. The summed E-state index contributed by atoms with van der Waals surface area (Å²) in [6.07, 6.45) is 4.81. The number of halogens is 1. The number of benzene rings is 2. The van der Waals surface area contributed by atoms with Crippen LogP contribution in [-0.4, -0.2) is 0 Å². The van der Waals surface area contributed by atoms with E-state index in [1.807, 2.05) is 18.2 Å². The van der Waals surface area contributed by atoms with Crippen LogP contribution in [0.3, 0.4) is 0 Å². The first-order valence-corrected chi connectivity index (χ1v) is 7.30. The third-order valence-electron chi connectivity index (χ3n) is 4.34. The van der Waals surface area contributed by atoms with Crippen LogP contribution in [0.2, 0.25) is 0 Å². The molecule has 0 spiro atoms. The second kappa shape index (κ2) is 5.37. The second-order valence-corrected chi connectivity index (χ2v) is 5.79. The van der Waals surface area contributed by atoms with Crippen molar-refractivity contribution in [2.24, 2.45) is 5.73 Å². The summed E-state index contributed by atoms with van der Waals surface area (Å²) in [5, 5.41) is 0. The summed E-state index contributed by atoms with van der Waals surface area (Å²) in [7, 11) is 0. The Hall–Kier alpha value is -1.67. The summed E-state index contributed by atoms with van der Waals surface area (Å²) in [5.74, 6) is -0.154. The van der Waals surface area contributed by atoms with E-state index >= 15 is 0 Å². The highest BCUT2D eigenvalue weighted by Gasteiger charge is 2.31. The number of rotatable bonds is 2. The van der Waals surface area contributed by atoms with Gasteiger partial charge in [-0.1, -0.05) is 48.9 Å². The van der Waals surface area contributed by atoms with Crippen LogP contribution in [0.5, 0.6) is 0 Å². The second-order valence-electron chi connectivity index (χ2n) is 5.79. The molecule has 0 bridgehead atoms. The third-order valence-corrected chi connectivity index (χ3v) is 4.34. The molecule has 2 aromatic rings. The number of fused-ring (bicyclic) bond motifs is 1. The predicted molar refractivity (Wildman–Crippen MR) is 80.0 cm³/mol. The molecule has 2 aromatic carbocycles. The maximum atomic E-state index is 13.9. The molecule has 2 N–H and O–H groups in total. The fraction of sp³-hybridized carbons (Fsp3) is 0.333. The lowest BCUT2D eigenvalue weighted by Gasteiger charge is -2.30. The Morgan fingerprint density at radius 2 is 1.75 bits per heavy atom. The first-order valence-electron chi connectivity index (χ1n) is 7.30. The van der Waals surface area contributed by atoms with Crippen molar-refractivity contribution in [1.82, 2.24) is 0 Å². The normalized spacial score (nSPS) is 22.1. The number of aryl methyl sites for hydroxylation is 1. The molecule has 1 unspecified atom stereocenters. The first kappa shape index (κ1) is 13.3. The van der Waals surface area contributed by atoms with Crippen LogP contribution in [0.1, 0.15) is 36.0 Å². The topological polar surface area (TPSA) is 26.0 Å². The Morgan fingerprint density at radius 3 is 2.60 bits per heavy atom. The SMILES string of the molecule is NC1(Cc2ccccc2F)CCCCc2ccccc21. The Bertz CT molecular complexity index is 608. The van der Waals surface area contributed by atoms with E-state index in [-0.39, 0.29) is 5.82 Å². The Balaban J connectivity index is 2.01. The zero-order valence-corrected chi connectivity index (χ0v) is 11.6. The van der Waals surface area contributed by atoms with E-state index < -0.39 is 5.54 Å². The third kappa shape index (κ3) is 2.48. The quantitative estimate of drug-likeness (QED) is 0.821. The molecule has 1 aliphatic rings. The molecule has 1 atom stereocenters. The van der Waals surface area contributed by atoms with Crippen molar-refractivity contribution in [3.05, 3.63) is 71.0 Å². The molecule has 0 heterocycles. The molecule has 0 aromatic heterocycles. The monoisotopic (exact) mass is 269 g/mol. The molecule has 3 rings (SSSR count). The van der Waals surface area contributed by atoms with Crippen molar-refractivity contribution in [2.75, 3.05) is 0 Å². The lowest BCUT2D eigenvalue weighted by Crippen LogP contribution is -2.39. The van der Waals surface area contributed by atoms with Gasteiger partial charge >= 0.3 is 0 Å². The Kier molecular flexibility index (Phi) is 3.58. The Morgan fingerprint density at radius 1 is 1.00 bits per heavy atom. The van der Waals surface area contributed by atoms with Crippen molar-refractivity contribution in [3.8, 4) is 0 Å². The van der Waals surface area contributed by atoms with Gasteiger partial charge < -0.3 is 5.73 Å². The van der Waals surface area contributed by atoms with E-state index in [0.29, 0.717) is 12.0 Å². The van der Waals surface area contributed by atoms with Gasteiger partial charge in [-0.05, 0) is 48.4 Å². The molecule has 0 fully saturated rings. The highest BCUT2D eigenvalue weighted by molar-refractivity contribution is 5.37. The Labute approximate surface area is 119 Å². The summed E-state index contributed by atoms with van der Waals surface area (Å²) >= 11 is 0. The van der Waals surface area contributed by atoms with Crippen LogP contribution in [-0.2, 0) is 18.4 Å². The molecule has 0 aliphatic heterocycles. The van der Waals surface area contributed by atoms with Crippen molar-refractivity contribution in [3.63, 3.8) is 0 Å².